The standard InChI is InChI=1S/C8H12N2.C7H16Si/c1-2-8-6-4-3-5-7-10(8)9;1-6-4-7(2,3)8-5-6/h3-7H,2,9H2,1H3;6H,4-5,8H2,1-3H3. The Morgan fingerprint density at radius 1 is 1.39 bits per heavy atom. The quantitative estimate of drug-likeness (QED) is 0.581. The minimum Gasteiger partial charge on any atom is -0.291 e. The molecule has 1 saturated heterocycles. The lowest BCUT2D eigenvalue weighted by atomic mass is 10.0. The fourth-order valence-corrected chi connectivity index (χ4v) is 4.82. The number of nitrogens with two attached hydrogens (primary N) is 1. The first kappa shape index (κ1) is 15.3. The lowest BCUT2D eigenvalue weighted by Crippen LogP contribution is -2.23. The molecule has 18 heavy (non-hydrogen) atoms. The first-order valence-corrected chi connectivity index (χ1v) is 8.73. The van der Waals surface area contributed by atoms with Gasteiger partial charge in [0, 0.05) is 21.4 Å². The van der Waals surface area contributed by atoms with Gasteiger partial charge in [0.2, 0.25) is 0 Å². The summed E-state index contributed by atoms with van der Waals surface area (Å²) >= 11 is 0. The third-order valence-electron chi connectivity index (χ3n) is 3.67. The molecule has 102 valence electrons. The van der Waals surface area contributed by atoms with E-state index in [4.69, 9.17) is 5.84 Å². The maximum absolute atomic E-state index is 5.63. The third kappa shape index (κ3) is 5.23. The van der Waals surface area contributed by atoms with Crippen molar-refractivity contribution in [1.29, 1.82) is 0 Å². The fourth-order valence-electron chi connectivity index (χ4n) is 2.64. The van der Waals surface area contributed by atoms with E-state index in [9.17, 15) is 0 Å². The van der Waals surface area contributed by atoms with Crippen LogP contribution < -0.4 is 5.84 Å². The van der Waals surface area contributed by atoms with E-state index in [2.05, 4.69) is 27.7 Å². The minimum atomic E-state index is 0.324. The summed E-state index contributed by atoms with van der Waals surface area (Å²) < 4.78 is 0. The van der Waals surface area contributed by atoms with Crippen molar-refractivity contribution in [3.8, 4) is 0 Å². The van der Waals surface area contributed by atoms with E-state index in [1.165, 1.54) is 6.42 Å². The van der Waals surface area contributed by atoms with Gasteiger partial charge in [-0.1, -0.05) is 45.9 Å². The van der Waals surface area contributed by atoms with Gasteiger partial charge >= 0.3 is 0 Å². The molecule has 0 amide bonds. The molecule has 0 aromatic heterocycles. The van der Waals surface area contributed by atoms with Crippen LogP contribution in [0.15, 0.2) is 36.2 Å². The molecule has 0 saturated carbocycles. The number of nitrogens with zero attached hydrogens (tertiary/aromatic N) is 1. The summed E-state index contributed by atoms with van der Waals surface area (Å²) in [6.45, 7) is 9.34. The number of rotatable bonds is 1. The van der Waals surface area contributed by atoms with Crippen LogP contribution in [-0.4, -0.2) is 14.5 Å². The molecule has 2 aliphatic rings. The second-order valence-electron chi connectivity index (χ2n) is 6.16. The normalized spacial score (nSPS) is 26.6. The van der Waals surface area contributed by atoms with Gasteiger partial charge in [0.05, 0.1) is 0 Å². The maximum Gasteiger partial charge on any atom is 0.0339 e. The second-order valence-corrected chi connectivity index (χ2v) is 9.15. The molecule has 0 bridgehead atoms. The molecule has 0 aromatic carbocycles. The van der Waals surface area contributed by atoms with Crippen molar-refractivity contribution in [3.63, 3.8) is 0 Å². The molecule has 1 atom stereocenters. The second kappa shape index (κ2) is 6.95. The summed E-state index contributed by atoms with van der Waals surface area (Å²) in [6, 6.07) is 1.59. The number of hydrogen-bond acceptors (Lipinski definition) is 2. The molecule has 2 heterocycles. The van der Waals surface area contributed by atoms with Gasteiger partial charge in [-0.25, -0.2) is 5.84 Å². The van der Waals surface area contributed by atoms with E-state index >= 15 is 0 Å². The van der Waals surface area contributed by atoms with Crippen molar-refractivity contribution in [2.45, 2.75) is 51.6 Å². The molecule has 2 N–H and O–H groups in total. The highest BCUT2D eigenvalue weighted by Crippen LogP contribution is 2.40. The molecule has 0 aromatic rings. The summed E-state index contributed by atoms with van der Waals surface area (Å²) in [6.07, 6.45) is 12.2. The molecule has 1 unspecified atom stereocenters. The lowest BCUT2D eigenvalue weighted by Gasteiger charge is -2.14. The van der Waals surface area contributed by atoms with E-state index in [1.54, 1.807) is 11.1 Å². The highest BCUT2D eigenvalue weighted by atomic mass is 28.2. The number of allylic oxidation sites excluding steroid dienone is 5. The Morgan fingerprint density at radius 3 is 2.56 bits per heavy atom. The Kier molecular flexibility index (Phi) is 5.89. The fraction of sp³-hybridized carbons (Fsp3) is 0.600. The summed E-state index contributed by atoms with van der Waals surface area (Å²) in [5.41, 5.74) is 1.13. The van der Waals surface area contributed by atoms with Crippen molar-refractivity contribution >= 4 is 9.52 Å². The summed E-state index contributed by atoms with van der Waals surface area (Å²) in [5.74, 6) is 6.68. The van der Waals surface area contributed by atoms with Crippen LogP contribution in [0, 0.1) is 5.92 Å². The summed E-state index contributed by atoms with van der Waals surface area (Å²) in [4.78, 5) is 0. The lowest BCUT2D eigenvalue weighted by molar-refractivity contribution is 0.476. The number of hydrogen-bond donors (Lipinski definition) is 1. The zero-order valence-corrected chi connectivity index (χ0v) is 13.7. The Bertz CT molecular complexity index is 342. The van der Waals surface area contributed by atoms with Gasteiger partial charge in [0.15, 0.2) is 0 Å². The van der Waals surface area contributed by atoms with Crippen molar-refractivity contribution < 1.29 is 0 Å². The van der Waals surface area contributed by atoms with Crippen LogP contribution in [0.4, 0.5) is 0 Å². The van der Waals surface area contributed by atoms with Gasteiger partial charge in [-0.15, -0.1) is 0 Å². The summed E-state index contributed by atoms with van der Waals surface area (Å²) in [7, 11) is 0.324. The molecule has 1 fully saturated rings. The predicted octanol–water partition coefficient (Wildman–Crippen LogP) is 3.35. The molecular formula is C15H28N2Si. The topological polar surface area (TPSA) is 29.3 Å². The van der Waals surface area contributed by atoms with E-state index in [0.717, 1.165) is 23.1 Å². The smallest absolute Gasteiger partial charge is 0.0339 e. The third-order valence-corrected chi connectivity index (χ3v) is 6.58. The average molecular weight is 264 g/mol. The van der Waals surface area contributed by atoms with Crippen molar-refractivity contribution in [2.75, 3.05) is 0 Å². The van der Waals surface area contributed by atoms with Crippen LogP contribution in [0.1, 0.15) is 40.5 Å². The van der Waals surface area contributed by atoms with E-state index in [-0.39, 0.29) is 0 Å². The maximum atomic E-state index is 5.63. The minimum absolute atomic E-state index is 0.324. The van der Waals surface area contributed by atoms with Crippen LogP contribution in [-0.2, 0) is 0 Å². The van der Waals surface area contributed by atoms with Gasteiger partial charge in [-0.05, 0) is 35.9 Å². The monoisotopic (exact) mass is 264 g/mol. The highest BCUT2D eigenvalue weighted by molar-refractivity contribution is 6.40. The Morgan fingerprint density at radius 2 is 2.11 bits per heavy atom. The van der Waals surface area contributed by atoms with E-state index in [1.807, 2.05) is 30.5 Å². The van der Waals surface area contributed by atoms with Crippen LogP contribution in [0.3, 0.4) is 0 Å². The molecule has 0 aliphatic carbocycles. The number of hydrazine groups is 1. The Balaban J connectivity index is 0.000000184. The zero-order valence-electron chi connectivity index (χ0n) is 12.3. The van der Waals surface area contributed by atoms with Gasteiger partial charge in [-0.2, -0.15) is 0 Å². The molecule has 3 heteroatoms. The van der Waals surface area contributed by atoms with Gasteiger partial charge in [0.1, 0.15) is 0 Å². The van der Waals surface area contributed by atoms with Crippen molar-refractivity contribution in [2.24, 2.45) is 11.8 Å². The van der Waals surface area contributed by atoms with Gasteiger partial charge < -0.3 is 0 Å². The van der Waals surface area contributed by atoms with E-state index < -0.39 is 0 Å². The Hall–Kier alpha value is -0.803. The van der Waals surface area contributed by atoms with Crippen LogP contribution in [0.25, 0.3) is 0 Å². The largest absolute Gasteiger partial charge is 0.291 e. The van der Waals surface area contributed by atoms with Gasteiger partial charge in [0.25, 0.3) is 0 Å². The molecular weight excluding hydrogens is 236 g/mol. The molecule has 2 nitrogen and oxygen atoms in total. The Labute approximate surface area is 114 Å². The van der Waals surface area contributed by atoms with Crippen molar-refractivity contribution in [3.05, 3.63) is 36.2 Å². The SMILES string of the molecule is CC1C[SiH2]C(C)(C)C1.CCC1=CC=CC=CN1N. The zero-order chi connectivity index (χ0) is 13.6. The van der Waals surface area contributed by atoms with Gasteiger partial charge in [-0.3, -0.25) is 5.01 Å². The van der Waals surface area contributed by atoms with Crippen molar-refractivity contribution in [1.82, 2.24) is 5.01 Å². The van der Waals surface area contributed by atoms with Crippen LogP contribution >= 0.6 is 0 Å². The molecule has 2 rings (SSSR count). The highest BCUT2D eigenvalue weighted by Gasteiger charge is 2.28. The van der Waals surface area contributed by atoms with E-state index in [0.29, 0.717) is 9.52 Å². The predicted molar refractivity (Wildman–Crippen MR) is 83.9 cm³/mol. The van der Waals surface area contributed by atoms with Crippen LogP contribution in [0.2, 0.25) is 11.1 Å². The first-order chi connectivity index (χ1) is 8.44. The molecule has 0 radical (unpaired) electrons. The van der Waals surface area contributed by atoms with Crippen LogP contribution in [0.5, 0.6) is 0 Å². The first-order valence-electron chi connectivity index (χ1n) is 7.02. The summed E-state index contributed by atoms with van der Waals surface area (Å²) in [5, 5.41) is 2.44. The molecule has 0 spiro atoms. The average Bonchev–Trinajstić information content (AvgIpc) is 2.51. The molecule has 2 aliphatic heterocycles.